The van der Waals surface area contributed by atoms with Crippen LogP contribution in [0, 0.1) is 5.92 Å². The molecule has 2 amide bonds. The third kappa shape index (κ3) is 5.46. The van der Waals surface area contributed by atoms with Crippen molar-refractivity contribution in [3.63, 3.8) is 0 Å². The summed E-state index contributed by atoms with van der Waals surface area (Å²) in [7, 11) is 0. The van der Waals surface area contributed by atoms with E-state index in [1.165, 1.54) is 19.3 Å². The smallest absolute Gasteiger partial charge is 0.243 e. The fraction of sp³-hybridized carbons (Fsp3) is 0.577. The van der Waals surface area contributed by atoms with Crippen LogP contribution in [0.15, 0.2) is 30.5 Å². The van der Waals surface area contributed by atoms with Crippen molar-refractivity contribution in [2.24, 2.45) is 5.92 Å². The van der Waals surface area contributed by atoms with E-state index in [1.54, 1.807) is 6.20 Å². The first kappa shape index (κ1) is 23.5. The second-order valence-corrected chi connectivity index (χ2v) is 9.88. The SMILES string of the molecule is CC(C)[C@@H](NC1CCCCC1)C(=O)N1CCC[C@H]1C(=O)NCc1ccc2c(N)nccc2c1. The van der Waals surface area contributed by atoms with Crippen LogP contribution in [-0.2, 0) is 16.1 Å². The van der Waals surface area contributed by atoms with Crippen LogP contribution in [0.4, 0.5) is 5.82 Å². The fourth-order valence-electron chi connectivity index (χ4n) is 5.22. The average Bonchev–Trinajstić information content (AvgIpc) is 3.31. The number of anilines is 1. The van der Waals surface area contributed by atoms with Gasteiger partial charge in [-0.15, -0.1) is 0 Å². The molecule has 0 spiro atoms. The maximum absolute atomic E-state index is 13.5. The van der Waals surface area contributed by atoms with Gasteiger partial charge in [0.2, 0.25) is 11.8 Å². The lowest BCUT2D eigenvalue weighted by molar-refractivity contribution is -0.141. The molecule has 0 unspecified atom stereocenters. The quantitative estimate of drug-likeness (QED) is 0.599. The Hall–Kier alpha value is -2.67. The van der Waals surface area contributed by atoms with Gasteiger partial charge >= 0.3 is 0 Å². The summed E-state index contributed by atoms with van der Waals surface area (Å²) in [6.45, 7) is 5.25. The predicted molar refractivity (Wildman–Crippen MR) is 131 cm³/mol. The molecule has 2 fully saturated rings. The lowest BCUT2D eigenvalue weighted by Crippen LogP contribution is -2.56. The second kappa shape index (κ2) is 10.5. The molecule has 1 saturated heterocycles. The molecule has 0 radical (unpaired) electrons. The Kier molecular flexibility index (Phi) is 7.48. The number of carbonyl (C=O) groups is 2. The van der Waals surface area contributed by atoms with E-state index in [0.717, 1.165) is 35.6 Å². The van der Waals surface area contributed by atoms with Crippen molar-refractivity contribution >= 4 is 28.4 Å². The van der Waals surface area contributed by atoms with Crippen molar-refractivity contribution in [3.05, 3.63) is 36.0 Å². The molecular formula is C26H37N5O2. The normalized spacial score (nSPS) is 20.3. The van der Waals surface area contributed by atoms with Crippen molar-refractivity contribution in [1.82, 2.24) is 20.5 Å². The minimum atomic E-state index is -0.396. The van der Waals surface area contributed by atoms with Crippen LogP contribution in [0.5, 0.6) is 0 Å². The first-order valence-corrected chi connectivity index (χ1v) is 12.4. The summed E-state index contributed by atoms with van der Waals surface area (Å²) in [5.74, 6) is 0.685. The zero-order valence-electron chi connectivity index (χ0n) is 19.8. The molecule has 1 aromatic carbocycles. The maximum atomic E-state index is 13.5. The Bertz CT molecular complexity index is 986. The summed E-state index contributed by atoms with van der Waals surface area (Å²) < 4.78 is 0. The number of benzene rings is 1. The molecule has 33 heavy (non-hydrogen) atoms. The molecule has 1 aromatic heterocycles. The molecule has 178 valence electrons. The summed E-state index contributed by atoms with van der Waals surface area (Å²) in [5, 5.41) is 8.60. The molecule has 4 rings (SSSR count). The van der Waals surface area contributed by atoms with Gasteiger partial charge in [-0.2, -0.15) is 0 Å². The van der Waals surface area contributed by atoms with Crippen molar-refractivity contribution in [2.75, 3.05) is 12.3 Å². The number of nitrogen functional groups attached to an aromatic ring is 1. The maximum Gasteiger partial charge on any atom is 0.243 e. The van der Waals surface area contributed by atoms with Gasteiger partial charge in [-0.3, -0.25) is 9.59 Å². The number of fused-ring (bicyclic) bond motifs is 1. The zero-order chi connectivity index (χ0) is 23.4. The van der Waals surface area contributed by atoms with Crippen LogP contribution < -0.4 is 16.4 Å². The predicted octanol–water partition coefficient (Wildman–Crippen LogP) is 3.37. The van der Waals surface area contributed by atoms with Gasteiger partial charge in [0.25, 0.3) is 0 Å². The third-order valence-electron chi connectivity index (χ3n) is 7.12. The van der Waals surface area contributed by atoms with Gasteiger partial charge in [-0.1, -0.05) is 45.2 Å². The van der Waals surface area contributed by atoms with Crippen LogP contribution in [0.25, 0.3) is 10.8 Å². The fourth-order valence-corrected chi connectivity index (χ4v) is 5.22. The number of nitrogens with one attached hydrogen (secondary N) is 2. The highest BCUT2D eigenvalue weighted by Gasteiger charge is 2.38. The number of amides is 2. The topological polar surface area (TPSA) is 100 Å². The Morgan fingerprint density at radius 1 is 1.12 bits per heavy atom. The number of nitrogens with zero attached hydrogens (tertiary/aromatic N) is 2. The van der Waals surface area contributed by atoms with Gasteiger partial charge in [-0.05, 0) is 54.7 Å². The van der Waals surface area contributed by atoms with Crippen molar-refractivity contribution in [1.29, 1.82) is 0 Å². The van der Waals surface area contributed by atoms with E-state index in [-0.39, 0.29) is 23.8 Å². The Morgan fingerprint density at radius 2 is 1.91 bits per heavy atom. The summed E-state index contributed by atoms with van der Waals surface area (Å²) in [6, 6.07) is 7.61. The number of hydrogen-bond donors (Lipinski definition) is 3. The Morgan fingerprint density at radius 3 is 2.67 bits per heavy atom. The lowest BCUT2D eigenvalue weighted by Gasteiger charge is -2.34. The van der Waals surface area contributed by atoms with Gasteiger partial charge in [-0.25, -0.2) is 4.98 Å². The molecule has 2 aromatic rings. The summed E-state index contributed by atoms with van der Waals surface area (Å²) in [6.07, 6.45) is 9.27. The molecule has 2 aliphatic rings. The minimum absolute atomic E-state index is 0.0712. The average molecular weight is 452 g/mol. The molecule has 7 heteroatoms. The van der Waals surface area contributed by atoms with E-state index in [2.05, 4.69) is 29.5 Å². The standard InChI is InChI=1S/C26H37N5O2/c1-17(2)23(30-20-7-4-3-5-8-20)26(33)31-14-6-9-22(31)25(32)29-16-18-10-11-21-19(15-18)12-13-28-24(21)27/h10-13,15,17,20,22-23,30H,3-9,14,16H2,1-2H3,(H2,27,28)(H,29,32)/t22-,23+/m0/s1. The summed E-state index contributed by atoms with van der Waals surface area (Å²) in [4.78, 5) is 32.5. The van der Waals surface area contributed by atoms with Crippen molar-refractivity contribution < 1.29 is 9.59 Å². The number of hydrogen-bond acceptors (Lipinski definition) is 5. The van der Waals surface area contributed by atoms with Crippen molar-refractivity contribution in [2.45, 2.75) is 83.5 Å². The molecule has 7 nitrogen and oxygen atoms in total. The van der Waals surface area contributed by atoms with Crippen LogP contribution in [0.1, 0.15) is 64.4 Å². The highest BCUT2D eigenvalue weighted by Crippen LogP contribution is 2.24. The molecule has 2 heterocycles. The minimum Gasteiger partial charge on any atom is -0.383 e. The molecule has 1 aliphatic heterocycles. The highest BCUT2D eigenvalue weighted by atomic mass is 16.2. The van der Waals surface area contributed by atoms with Gasteiger partial charge in [0.1, 0.15) is 11.9 Å². The highest BCUT2D eigenvalue weighted by molar-refractivity contribution is 5.92. The van der Waals surface area contributed by atoms with Crippen LogP contribution in [-0.4, -0.2) is 46.4 Å². The van der Waals surface area contributed by atoms with E-state index in [0.29, 0.717) is 31.4 Å². The van der Waals surface area contributed by atoms with Gasteiger partial charge in [0.15, 0.2) is 0 Å². The second-order valence-electron chi connectivity index (χ2n) is 9.88. The largest absolute Gasteiger partial charge is 0.383 e. The van der Waals surface area contributed by atoms with E-state index in [9.17, 15) is 9.59 Å². The first-order valence-electron chi connectivity index (χ1n) is 12.4. The molecule has 4 N–H and O–H groups in total. The summed E-state index contributed by atoms with van der Waals surface area (Å²) >= 11 is 0. The number of pyridine rings is 1. The van der Waals surface area contributed by atoms with Gasteiger partial charge in [0.05, 0.1) is 6.04 Å². The van der Waals surface area contributed by atoms with E-state index in [1.807, 2.05) is 29.2 Å². The molecular weight excluding hydrogens is 414 g/mol. The van der Waals surface area contributed by atoms with Crippen LogP contribution in [0.3, 0.4) is 0 Å². The van der Waals surface area contributed by atoms with E-state index >= 15 is 0 Å². The Labute approximate surface area is 196 Å². The number of rotatable bonds is 7. The molecule has 0 bridgehead atoms. The Balaban J connectivity index is 1.39. The summed E-state index contributed by atoms with van der Waals surface area (Å²) in [5.41, 5.74) is 6.93. The third-order valence-corrected chi connectivity index (χ3v) is 7.12. The van der Waals surface area contributed by atoms with Crippen molar-refractivity contribution in [3.8, 4) is 0 Å². The number of nitrogens with two attached hydrogens (primary N) is 1. The molecule has 1 aliphatic carbocycles. The number of carbonyl (C=O) groups excluding carboxylic acids is 2. The molecule has 2 atom stereocenters. The van der Waals surface area contributed by atoms with Crippen LogP contribution in [0.2, 0.25) is 0 Å². The van der Waals surface area contributed by atoms with Crippen LogP contribution >= 0.6 is 0 Å². The lowest BCUT2D eigenvalue weighted by atomic mass is 9.93. The number of aromatic nitrogens is 1. The number of likely N-dealkylation sites (tertiary alicyclic amines) is 1. The first-order chi connectivity index (χ1) is 15.9. The van der Waals surface area contributed by atoms with E-state index in [4.69, 9.17) is 5.73 Å². The zero-order valence-corrected chi connectivity index (χ0v) is 19.8. The van der Waals surface area contributed by atoms with Gasteiger partial charge in [0, 0.05) is 30.7 Å². The molecule has 1 saturated carbocycles. The monoisotopic (exact) mass is 451 g/mol. The van der Waals surface area contributed by atoms with E-state index < -0.39 is 6.04 Å². The van der Waals surface area contributed by atoms with Gasteiger partial charge < -0.3 is 21.3 Å².